The maximum absolute atomic E-state index is 14.5. The summed E-state index contributed by atoms with van der Waals surface area (Å²) in [6, 6.07) is 24.1. The third-order valence-corrected chi connectivity index (χ3v) is 8.78. The van der Waals surface area contributed by atoms with Crippen LogP contribution in [0.5, 0.6) is 0 Å². The molecule has 4 nitrogen and oxygen atoms in total. The van der Waals surface area contributed by atoms with E-state index in [9.17, 15) is 18.0 Å². The van der Waals surface area contributed by atoms with Gasteiger partial charge in [0.2, 0.25) is 5.91 Å². The van der Waals surface area contributed by atoms with Crippen molar-refractivity contribution in [2.24, 2.45) is 0 Å². The zero-order chi connectivity index (χ0) is 29.5. The minimum Gasteiger partial charge on any atom is -0.336 e. The van der Waals surface area contributed by atoms with Crippen LogP contribution in [0.3, 0.4) is 0 Å². The van der Waals surface area contributed by atoms with Crippen molar-refractivity contribution < 1.29 is 18.0 Å². The molecule has 0 aromatic heterocycles. The van der Waals surface area contributed by atoms with Crippen LogP contribution in [0.2, 0.25) is 0 Å². The molecule has 5 rings (SSSR count). The van der Waals surface area contributed by atoms with Crippen LogP contribution in [0, 0.1) is 6.92 Å². The summed E-state index contributed by atoms with van der Waals surface area (Å²) < 4.78 is 40.6. The molecule has 2 heterocycles. The van der Waals surface area contributed by atoms with Crippen LogP contribution in [0.1, 0.15) is 66.0 Å². The number of hydrogen-bond acceptors (Lipinski definition) is 3. The Morgan fingerprint density at radius 1 is 0.857 bits per heavy atom. The van der Waals surface area contributed by atoms with Gasteiger partial charge in [0.15, 0.2) is 0 Å². The number of rotatable bonds is 9. The lowest BCUT2D eigenvalue weighted by Gasteiger charge is -2.43. The summed E-state index contributed by atoms with van der Waals surface area (Å²) in [5.74, 6) is 0.00479. The molecule has 1 atom stereocenters. The van der Waals surface area contributed by atoms with E-state index in [1.165, 1.54) is 44.5 Å². The molecule has 2 saturated heterocycles. The number of benzene rings is 3. The fourth-order valence-electron chi connectivity index (χ4n) is 6.62. The van der Waals surface area contributed by atoms with Gasteiger partial charge < -0.3 is 9.80 Å². The molecule has 2 aliphatic heterocycles. The summed E-state index contributed by atoms with van der Waals surface area (Å²) in [6.07, 6.45) is 1.88. The third-order valence-electron chi connectivity index (χ3n) is 8.78. The Labute approximate surface area is 248 Å². The second-order valence-corrected chi connectivity index (χ2v) is 11.9. The Bertz CT molecular complexity index is 1280. The zero-order valence-corrected chi connectivity index (χ0v) is 24.5. The molecule has 2 aliphatic rings. The standard InChI is InChI=1S/C35H42F3N3O/c1-27-23-29(25-31(24-27)35(36,37)38)15-20-41(26-28-11-5-2-6-12-28)34(42)33(30-13-7-3-8-14-30)40-21-16-32(17-22-40)39-18-9-4-10-19-39/h2-3,5-8,11-14,23-25,32-33H,4,9-10,15-22,26H2,1H3. The fourth-order valence-corrected chi connectivity index (χ4v) is 6.62. The normalized spacial score (nSPS) is 18.1. The number of hydrogen-bond donors (Lipinski definition) is 0. The van der Waals surface area contributed by atoms with Crippen molar-refractivity contribution in [2.75, 3.05) is 32.7 Å². The molecule has 1 unspecified atom stereocenters. The van der Waals surface area contributed by atoms with E-state index < -0.39 is 17.8 Å². The number of amides is 1. The number of alkyl halides is 3. The van der Waals surface area contributed by atoms with E-state index in [2.05, 4.69) is 9.80 Å². The Kier molecular flexibility index (Phi) is 10.0. The monoisotopic (exact) mass is 577 g/mol. The lowest BCUT2D eigenvalue weighted by Crippen LogP contribution is -2.50. The third kappa shape index (κ3) is 7.81. The summed E-state index contributed by atoms with van der Waals surface area (Å²) in [4.78, 5) is 21.3. The molecule has 3 aromatic carbocycles. The van der Waals surface area contributed by atoms with Crippen LogP contribution in [0.15, 0.2) is 78.9 Å². The molecule has 7 heteroatoms. The maximum Gasteiger partial charge on any atom is 0.416 e. The Morgan fingerprint density at radius 2 is 1.50 bits per heavy atom. The van der Waals surface area contributed by atoms with Crippen LogP contribution in [-0.4, -0.2) is 59.4 Å². The van der Waals surface area contributed by atoms with Crippen LogP contribution < -0.4 is 0 Å². The second kappa shape index (κ2) is 13.9. The van der Waals surface area contributed by atoms with E-state index in [1.807, 2.05) is 65.6 Å². The van der Waals surface area contributed by atoms with Crippen molar-refractivity contribution in [1.82, 2.24) is 14.7 Å². The minimum absolute atomic E-state index is 0.00479. The molecule has 0 bridgehead atoms. The highest BCUT2D eigenvalue weighted by Gasteiger charge is 2.35. The zero-order valence-electron chi connectivity index (χ0n) is 24.5. The molecule has 0 aliphatic carbocycles. The smallest absolute Gasteiger partial charge is 0.336 e. The van der Waals surface area contributed by atoms with Gasteiger partial charge in [-0.1, -0.05) is 78.7 Å². The first-order valence-electron chi connectivity index (χ1n) is 15.3. The molecule has 224 valence electrons. The molecule has 3 aromatic rings. The van der Waals surface area contributed by atoms with Crippen LogP contribution >= 0.6 is 0 Å². The topological polar surface area (TPSA) is 26.8 Å². The van der Waals surface area contributed by atoms with Crippen LogP contribution in [-0.2, 0) is 23.9 Å². The highest BCUT2D eigenvalue weighted by molar-refractivity contribution is 5.83. The highest BCUT2D eigenvalue weighted by Crippen LogP contribution is 2.32. The Balaban J connectivity index is 1.38. The summed E-state index contributed by atoms with van der Waals surface area (Å²) in [7, 11) is 0. The largest absolute Gasteiger partial charge is 0.416 e. The van der Waals surface area contributed by atoms with Gasteiger partial charge in [-0.2, -0.15) is 13.2 Å². The van der Waals surface area contributed by atoms with Crippen molar-refractivity contribution in [3.05, 3.63) is 107 Å². The van der Waals surface area contributed by atoms with Crippen LogP contribution in [0.25, 0.3) is 0 Å². The number of piperidine rings is 2. The van der Waals surface area contributed by atoms with Crippen molar-refractivity contribution in [1.29, 1.82) is 0 Å². The van der Waals surface area contributed by atoms with E-state index in [0.717, 1.165) is 37.1 Å². The Hall–Kier alpha value is -3.16. The van der Waals surface area contributed by atoms with Gasteiger partial charge >= 0.3 is 6.18 Å². The van der Waals surface area contributed by atoms with Gasteiger partial charge in [0.05, 0.1) is 5.56 Å². The maximum atomic E-state index is 14.5. The minimum atomic E-state index is -4.40. The van der Waals surface area contributed by atoms with Gasteiger partial charge in [-0.3, -0.25) is 9.69 Å². The van der Waals surface area contributed by atoms with Crippen molar-refractivity contribution in [3.8, 4) is 0 Å². The molecule has 2 fully saturated rings. The number of aryl methyl sites for hydroxylation is 1. The lowest BCUT2D eigenvalue weighted by molar-refractivity contribution is -0.139. The van der Waals surface area contributed by atoms with Gasteiger partial charge in [-0.05, 0) is 80.9 Å². The summed E-state index contributed by atoms with van der Waals surface area (Å²) >= 11 is 0. The van der Waals surface area contributed by atoms with Gasteiger partial charge in [0, 0.05) is 32.2 Å². The first kappa shape index (κ1) is 30.3. The van der Waals surface area contributed by atoms with E-state index in [-0.39, 0.29) is 5.91 Å². The summed E-state index contributed by atoms with van der Waals surface area (Å²) in [6.45, 7) is 6.46. The molecular formula is C35H42F3N3O. The second-order valence-electron chi connectivity index (χ2n) is 11.9. The molecular weight excluding hydrogens is 535 g/mol. The Morgan fingerprint density at radius 3 is 2.14 bits per heavy atom. The molecule has 0 spiro atoms. The number of carbonyl (C=O) groups is 1. The quantitative estimate of drug-likeness (QED) is 0.268. The molecule has 1 amide bonds. The fraction of sp³-hybridized carbons (Fsp3) is 0.457. The van der Waals surface area contributed by atoms with Crippen molar-refractivity contribution in [3.63, 3.8) is 0 Å². The van der Waals surface area contributed by atoms with Crippen molar-refractivity contribution in [2.45, 2.75) is 70.3 Å². The first-order valence-corrected chi connectivity index (χ1v) is 15.3. The van der Waals surface area contributed by atoms with E-state index in [1.54, 1.807) is 13.0 Å². The lowest BCUT2D eigenvalue weighted by atomic mass is 9.95. The first-order chi connectivity index (χ1) is 20.3. The van der Waals surface area contributed by atoms with E-state index in [0.29, 0.717) is 36.7 Å². The molecule has 0 radical (unpaired) electrons. The van der Waals surface area contributed by atoms with Gasteiger partial charge in [-0.15, -0.1) is 0 Å². The number of halogens is 3. The van der Waals surface area contributed by atoms with Gasteiger partial charge in [-0.25, -0.2) is 0 Å². The molecule has 0 saturated carbocycles. The van der Waals surface area contributed by atoms with Crippen molar-refractivity contribution >= 4 is 5.91 Å². The SMILES string of the molecule is Cc1cc(CCN(Cc2ccccc2)C(=O)C(c2ccccc2)N2CCC(N3CCCCC3)CC2)cc(C(F)(F)F)c1. The van der Waals surface area contributed by atoms with E-state index in [4.69, 9.17) is 0 Å². The summed E-state index contributed by atoms with van der Waals surface area (Å²) in [5, 5.41) is 0. The molecule has 42 heavy (non-hydrogen) atoms. The summed E-state index contributed by atoms with van der Waals surface area (Å²) in [5.41, 5.74) is 2.48. The number of carbonyl (C=O) groups excluding carboxylic acids is 1. The van der Waals surface area contributed by atoms with Gasteiger partial charge in [0.1, 0.15) is 6.04 Å². The predicted molar refractivity (Wildman–Crippen MR) is 161 cm³/mol. The van der Waals surface area contributed by atoms with Crippen LogP contribution in [0.4, 0.5) is 13.2 Å². The van der Waals surface area contributed by atoms with E-state index >= 15 is 0 Å². The molecule has 0 N–H and O–H groups in total. The number of nitrogens with zero attached hydrogens (tertiary/aromatic N) is 3. The average Bonchev–Trinajstić information content (AvgIpc) is 3.00. The highest BCUT2D eigenvalue weighted by atomic mass is 19.4. The number of likely N-dealkylation sites (tertiary alicyclic amines) is 2. The predicted octanol–water partition coefficient (Wildman–Crippen LogP) is 7.28. The van der Waals surface area contributed by atoms with Gasteiger partial charge in [0.25, 0.3) is 0 Å². The average molecular weight is 578 g/mol.